The van der Waals surface area contributed by atoms with E-state index in [1.165, 1.54) is 77.5 Å². The standard InChI is InChI=1S/C53H35N/c1-2-13-36(14-3-1)37-25-27-38(28-26-37)39-29-31-41(32-30-39)54(52-24-12-16-40-15-4-5-17-43(40)52)42-33-34-47-46-20-8-11-23-50(46)53(51(47)35-42)48-21-9-6-18-44(48)45-19-7-10-22-49(45)53/h1-35H. The van der Waals surface area contributed by atoms with Crippen molar-refractivity contribution in [3.63, 3.8) is 0 Å². The van der Waals surface area contributed by atoms with E-state index in [0.29, 0.717) is 0 Å². The highest BCUT2D eigenvalue weighted by molar-refractivity contribution is 6.01. The smallest absolute Gasteiger partial charge is 0.0726 e. The predicted molar refractivity (Wildman–Crippen MR) is 226 cm³/mol. The second-order valence-corrected chi connectivity index (χ2v) is 14.4. The number of fused-ring (bicyclic) bond motifs is 11. The van der Waals surface area contributed by atoms with Gasteiger partial charge in [-0.2, -0.15) is 0 Å². The minimum Gasteiger partial charge on any atom is -0.310 e. The lowest BCUT2D eigenvalue weighted by molar-refractivity contribution is 0.793. The maximum Gasteiger partial charge on any atom is 0.0726 e. The van der Waals surface area contributed by atoms with Crippen LogP contribution in [0.1, 0.15) is 22.3 Å². The van der Waals surface area contributed by atoms with Crippen molar-refractivity contribution in [1.82, 2.24) is 0 Å². The van der Waals surface area contributed by atoms with E-state index in [1.807, 2.05) is 0 Å². The van der Waals surface area contributed by atoms with Crippen LogP contribution in [0.2, 0.25) is 0 Å². The molecule has 54 heavy (non-hydrogen) atoms. The van der Waals surface area contributed by atoms with E-state index in [-0.39, 0.29) is 0 Å². The van der Waals surface area contributed by atoms with Crippen molar-refractivity contribution in [3.05, 3.63) is 235 Å². The zero-order valence-electron chi connectivity index (χ0n) is 29.7. The van der Waals surface area contributed by atoms with Crippen LogP contribution in [0.15, 0.2) is 212 Å². The minimum absolute atomic E-state index is 0.407. The summed E-state index contributed by atoms with van der Waals surface area (Å²) in [7, 11) is 0. The van der Waals surface area contributed by atoms with Gasteiger partial charge in [0.2, 0.25) is 0 Å². The Bertz CT molecular complexity index is 2800. The molecule has 252 valence electrons. The zero-order valence-corrected chi connectivity index (χ0v) is 29.7. The predicted octanol–water partition coefficient (Wildman–Crippen LogP) is 14.0. The quantitative estimate of drug-likeness (QED) is 0.174. The maximum absolute atomic E-state index is 2.48. The Balaban J connectivity index is 1.10. The normalized spacial score (nSPS) is 13.0. The minimum atomic E-state index is -0.407. The summed E-state index contributed by atoms with van der Waals surface area (Å²) in [4.78, 5) is 2.45. The monoisotopic (exact) mass is 685 g/mol. The molecule has 0 atom stereocenters. The SMILES string of the molecule is c1ccc(-c2ccc(-c3ccc(N(c4ccc5c(c4)C4(c6ccccc6-c6ccccc64)c4ccccc4-5)c4cccc5ccccc45)cc3)cc2)cc1. The molecule has 9 aromatic rings. The number of rotatable bonds is 5. The van der Waals surface area contributed by atoms with Gasteiger partial charge < -0.3 is 4.90 Å². The van der Waals surface area contributed by atoms with Crippen LogP contribution in [0.4, 0.5) is 17.1 Å². The molecule has 0 radical (unpaired) electrons. The first-order chi connectivity index (χ1) is 26.8. The summed E-state index contributed by atoms with van der Waals surface area (Å²) in [5, 5.41) is 2.44. The van der Waals surface area contributed by atoms with Gasteiger partial charge in [-0.3, -0.25) is 0 Å². The highest BCUT2D eigenvalue weighted by Gasteiger charge is 2.51. The largest absolute Gasteiger partial charge is 0.310 e. The lowest BCUT2D eigenvalue weighted by atomic mass is 9.70. The summed E-state index contributed by atoms with van der Waals surface area (Å²) in [6, 6.07) is 78.2. The first kappa shape index (κ1) is 30.6. The molecule has 1 spiro atoms. The molecule has 2 aliphatic carbocycles. The number of nitrogens with zero attached hydrogens (tertiary/aromatic N) is 1. The molecule has 0 bridgehead atoms. The van der Waals surface area contributed by atoms with E-state index < -0.39 is 5.41 Å². The average molecular weight is 686 g/mol. The highest BCUT2D eigenvalue weighted by Crippen LogP contribution is 2.63. The number of anilines is 3. The van der Waals surface area contributed by atoms with Gasteiger partial charge in [-0.05, 0) is 102 Å². The molecule has 0 saturated carbocycles. The van der Waals surface area contributed by atoms with Gasteiger partial charge in [0.1, 0.15) is 0 Å². The maximum atomic E-state index is 2.48. The average Bonchev–Trinajstić information content (AvgIpc) is 3.72. The third kappa shape index (κ3) is 4.45. The highest BCUT2D eigenvalue weighted by atomic mass is 15.1. The topological polar surface area (TPSA) is 3.24 Å². The van der Waals surface area contributed by atoms with Crippen LogP contribution in [0, 0.1) is 0 Å². The number of benzene rings is 9. The van der Waals surface area contributed by atoms with Crippen molar-refractivity contribution >= 4 is 27.8 Å². The van der Waals surface area contributed by atoms with Crippen molar-refractivity contribution in [2.45, 2.75) is 5.41 Å². The van der Waals surface area contributed by atoms with Crippen molar-refractivity contribution in [2.75, 3.05) is 4.90 Å². The van der Waals surface area contributed by atoms with Gasteiger partial charge in [-0.15, -0.1) is 0 Å². The van der Waals surface area contributed by atoms with Crippen molar-refractivity contribution in [3.8, 4) is 44.5 Å². The lowest BCUT2D eigenvalue weighted by Crippen LogP contribution is -2.26. The number of hydrogen-bond donors (Lipinski definition) is 0. The molecule has 2 aliphatic rings. The van der Waals surface area contributed by atoms with Crippen molar-refractivity contribution < 1.29 is 0 Å². The van der Waals surface area contributed by atoms with E-state index in [9.17, 15) is 0 Å². The zero-order chi connectivity index (χ0) is 35.6. The Kier molecular flexibility index (Phi) is 6.84. The molecular weight excluding hydrogens is 651 g/mol. The summed E-state index contributed by atoms with van der Waals surface area (Å²) in [6.45, 7) is 0. The van der Waals surface area contributed by atoms with Crippen LogP contribution in [0.3, 0.4) is 0 Å². The first-order valence-electron chi connectivity index (χ1n) is 18.8. The van der Waals surface area contributed by atoms with Gasteiger partial charge in [0.25, 0.3) is 0 Å². The molecule has 0 aromatic heterocycles. The van der Waals surface area contributed by atoms with E-state index in [4.69, 9.17) is 0 Å². The molecule has 0 saturated heterocycles. The summed E-state index contributed by atoms with van der Waals surface area (Å²) in [5.41, 5.74) is 18.5. The van der Waals surface area contributed by atoms with E-state index >= 15 is 0 Å². The third-order valence-electron chi connectivity index (χ3n) is 11.7. The van der Waals surface area contributed by atoms with E-state index in [1.54, 1.807) is 0 Å². The Morgan fingerprint density at radius 2 is 0.741 bits per heavy atom. The lowest BCUT2D eigenvalue weighted by Gasteiger charge is -2.32. The van der Waals surface area contributed by atoms with Crippen molar-refractivity contribution in [1.29, 1.82) is 0 Å². The van der Waals surface area contributed by atoms with Crippen LogP contribution in [-0.2, 0) is 5.41 Å². The van der Waals surface area contributed by atoms with E-state index in [0.717, 1.165) is 17.1 Å². The second kappa shape index (κ2) is 12.0. The first-order valence-corrected chi connectivity index (χ1v) is 18.8. The van der Waals surface area contributed by atoms with Gasteiger partial charge in [0.05, 0.1) is 11.1 Å². The molecule has 0 aliphatic heterocycles. The summed E-state index contributed by atoms with van der Waals surface area (Å²) in [6.07, 6.45) is 0. The summed E-state index contributed by atoms with van der Waals surface area (Å²) in [5.74, 6) is 0. The Labute approximate surface area is 316 Å². The van der Waals surface area contributed by atoms with Crippen LogP contribution >= 0.6 is 0 Å². The summed E-state index contributed by atoms with van der Waals surface area (Å²) < 4.78 is 0. The van der Waals surface area contributed by atoms with Gasteiger partial charge in [0, 0.05) is 16.8 Å². The molecule has 0 unspecified atom stereocenters. The van der Waals surface area contributed by atoms with Crippen molar-refractivity contribution in [2.24, 2.45) is 0 Å². The fraction of sp³-hybridized carbons (Fsp3) is 0.0189. The van der Waals surface area contributed by atoms with Gasteiger partial charge >= 0.3 is 0 Å². The second-order valence-electron chi connectivity index (χ2n) is 14.4. The van der Waals surface area contributed by atoms with Crippen LogP contribution in [0.25, 0.3) is 55.3 Å². The van der Waals surface area contributed by atoms with E-state index in [2.05, 4.69) is 217 Å². The molecule has 0 N–H and O–H groups in total. The Hall–Kier alpha value is -6.96. The molecule has 0 amide bonds. The van der Waals surface area contributed by atoms with Crippen LogP contribution in [0.5, 0.6) is 0 Å². The molecule has 9 aromatic carbocycles. The molecule has 0 fully saturated rings. The number of hydrogen-bond acceptors (Lipinski definition) is 1. The van der Waals surface area contributed by atoms with Gasteiger partial charge in [-0.1, -0.05) is 182 Å². The van der Waals surface area contributed by atoms with Crippen LogP contribution in [-0.4, -0.2) is 0 Å². The van der Waals surface area contributed by atoms with Gasteiger partial charge in [0.15, 0.2) is 0 Å². The molecule has 1 nitrogen and oxygen atoms in total. The van der Waals surface area contributed by atoms with Crippen LogP contribution < -0.4 is 4.90 Å². The molecular formula is C53H35N. The fourth-order valence-corrected chi connectivity index (χ4v) is 9.34. The van der Waals surface area contributed by atoms with Gasteiger partial charge in [-0.25, -0.2) is 0 Å². The molecule has 1 heteroatoms. The molecule has 11 rings (SSSR count). The fourth-order valence-electron chi connectivity index (χ4n) is 9.34. The Morgan fingerprint density at radius 1 is 0.296 bits per heavy atom. The molecule has 0 heterocycles. The third-order valence-corrected chi connectivity index (χ3v) is 11.7. The summed E-state index contributed by atoms with van der Waals surface area (Å²) >= 11 is 0. The Morgan fingerprint density at radius 3 is 1.35 bits per heavy atom.